The molecule has 2 aliphatic heterocycles. The number of carbonyl (C=O) groups is 2. The van der Waals surface area contributed by atoms with Crippen molar-refractivity contribution in [2.45, 2.75) is 51.9 Å². The van der Waals surface area contributed by atoms with Gasteiger partial charge >= 0.3 is 12.3 Å². The van der Waals surface area contributed by atoms with Gasteiger partial charge in [0.1, 0.15) is 29.3 Å². The second-order valence-electron chi connectivity index (χ2n) is 8.32. The van der Waals surface area contributed by atoms with Gasteiger partial charge in [-0.2, -0.15) is 13.2 Å². The molecule has 8 nitrogen and oxygen atoms in total. The molecule has 2 fully saturated rings. The predicted octanol–water partition coefficient (Wildman–Crippen LogP) is 3.51. The minimum absolute atomic E-state index is 0.0104. The molecule has 0 aromatic carbocycles. The van der Waals surface area contributed by atoms with E-state index in [-0.39, 0.29) is 35.3 Å². The summed E-state index contributed by atoms with van der Waals surface area (Å²) in [6.45, 7) is 6.67. The number of hydrogen-bond donors (Lipinski definition) is 0. The number of rotatable bonds is 4. The maximum Gasteiger partial charge on any atom is 0.420 e. The van der Waals surface area contributed by atoms with Crippen molar-refractivity contribution in [2.24, 2.45) is 0 Å². The third kappa shape index (κ3) is 4.07. The average Bonchev–Trinajstić information content (AvgIpc) is 3.29. The number of amides is 2. The molecule has 0 unspecified atom stereocenters. The summed E-state index contributed by atoms with van der Waals surface area (Å²) in [5.74, 6) is -0.370. The SMILES string of the molecule is Cc1c(C(=O)N2CCC(N3CCOC3=O)CC2)nc2c(C(F)(F)F)cc(OC(C)C)cn12. The van der Waals surface area contributed by atoms with Crippen LogP contribution in [0.5, 0.6) is 5.75 Å². The van der Waals surface area contributed by atoms with Gasteiger partial charge in [0, 0.05) is 19.1 Å². The summed E-state index contributed by atoms with van der Waals surface area (Å²) in [5, 5.41) is 0. The molecule has 4 rings (SSSR count). The van der Waals surface area contributed by atoms with Crippen molar-refractivity contribution in [3.63, 3.8) is 0 Å². The van der Waals surface area contributed by atoms with Gasteiger partial charge in [-0.05, 0) is 39.7 Å². The lowest BCUT2D eigenvalue weighted by Crippen LogP contribution is -2.47. The van der Waals surface area contributed by atoms with Crippen LogP contribution in [0.15, 0.2) is 12.3 Å². The highest BCUT2D eigenvalue weighted by Crippen LogP contribution is 2.36. The second kappa shape index (κ2) is 8.18. The third-order valence-electron chi connectivity index (χ3n) is 5.80. The number of pyridine rings is 1. The predicted molar refractivity (Wildman–Crippen MR) is 108 cm³/mol. The topological polar surface area (TPSA) is 76.4 Å². The Kier molecular flexibility index (Phi) is 5.68. The molecule has 174 valence electrons. The molecule has 11 heteroatoms. The highest BCUT2D eigenvalue weighted by atomic mass is 19.4. The molecule has 0 atom stereocenters. The van der Waals surface area contributed by atoms with Crippen LogP contribution in [0.2, 0.25) is 0 Å². The molecule has 0 aliphatic carbocycles. The summed E-state index contributed by atoms with van der Waals surface area (Å²) in [4.78, 5) is 32.2. The lowest BCUT2D eigenvalue weighted by atomic mass is 10.0. The molecule has 2 aliphatic rings. The van der Waals surface area contributed by atoms with Gasteiger partial charge in [-0.15, -0.1) is 0 Å². The summed E-state index contributed by atoms with van der Waals surface area (Å²) >= 11 is 0. The molecule has 2 aromatic heterocycles. The second-order valence-corrected chi connectivity index (χ2v) is 8.32. The van der Waals surface area contributed by atoms with E-state index in [1.165, 1.54) is 10.6 Å². The van der Waals surface area contributed by atoms with E-state index in [2.05, 4.69) is 4.98 Å². The number of likely N-dealkylation sites (tertiary alicyclic amines) is 1. The lowest BCUT2D eigenvalue weighted by molar-refractivity contribution is -0.136. The smallest absolute Gasteiger partial charge is 0.420 e. The first-order valence-corrected chi connectivity index (χ1v) is 10.6. The Morgan fingerprint density at radius 1 is 1.25 bits per heavy atom. The van der Waals surface area contributed by atoms with Crippen molar-refractivity contribution in [2.75, 3.05) is 26.2 Å². The zero-order chi connectivity index (χ0) is 23.2. The van der Waals surface area contributed by atoms with E-state index >= 15 is 0 Å². The van der Waals surface area contributed by atoms with Crippen LogP contribution in [0.25, 0.3) is 5.65 Å². The van der Waals surface area contributed by atoms with Crippen LogP contribution in [-0.2, 0) is 10.9 Å². The quantitative estimate of drug-likeness (QED) is 0.707. The van der Waals surface area contributed by atoms with Crippen LogP contribution in [0.1, 0.15) is 48.4 Å². The molecular formula is C21H25F3N4O4. The van der Waals surface area contributed by atoms with Crippen molar-refractivity contribution >= 4 is 17.6 Å². The monoisotopic (exact) mass is 454 g/mol. The molecule has 2 amide bonds. The Balaban J connectivity index is 1.61. The van der Waals surface area contributed by atoms with Crippen LogP contribution < -0.4 is 4.74 Å². The summed E-state index contributed by atoms with van der Waals surface area (Å²) in [5.41, 5.74) is -0.987. The standard InChI is InChI=1S/C21H25F3N4O4/c1-12(2)32-15-10-16(21(22,23)24)18-25-17(13(3)28(18)11-15)19(29)26-6-4-14(5-7-26)27-8-9-31-20(27)30/h10-12,14H,4-9H2,1-3H3. The van der Waals surface area contributed by atoms with Crippen molar-refractivity contribution < 1.29 is 32.2 Å². The first kappa shape index (κ1) is 22.2. The van der Waals surface area contributed by atoms with Crippen molar-refractivity contribution in [3.8, 4) is 5.75 Å². The molecule has 2 aromatic rings. The first-order valence-electron chi connectivity index (χ1n) is 10.6. The zero-order valence-electron chi connectivity index (χ0n) is 18.1. The number of ether oxygens (including phenoxy) is 2. The number of piperidine rings is 1. The Morgan fingerprint density at radius 3 is 2.50 bits per heavy atom. The fraction of sp³-hybridized carbons (Fsp3) is 0.571. The highest BCUT2D eigenvalue weighted by molar-refractivity contribution is 5.94. The number of aryl methyl sites for hydroxylation is 1. The van der Waals surface area contributed by atoms with E-state index in [0.29, 0.717) is 44.8 Å². The number of alkyl halides is 3. The molecule has 32 heavy (non-hydrogen) atoms. The van der Waals surface area contributed by atoms with Crippen LogP contribution in [0, 0.1) is 6.92 Å². The Bertz CT molecular complexity index is 1040. The number of fused-ring (bicyclic) bond motifs is 1. The Hall–Kier alpha value is -2.98. The molecular weight excluding hydrogens is 429 g/mol. The largest absolute Gasteiger partial charge is 0.489 e. The van der Waals surface area contributed by atoms with Gasteiger partial charge in [0.2, 0.25) is 0 Å². The maximum atomic E-state index is 13.7. The van der Waals surface area contributed by atoms with Gasteiger partial charge in [-0.1, -0.05) is 0 Å². The summed E-state index contributed by atoms with van der Waals surface area (Å²) in [6, 6.07) is 0.903. The van der Waals surface area contributed by atoms with Crippen LogP contribution in [-0.4, -0.2) is 69.6 Å². The van der Waals surface area contributed by atoms with E-state index in [9.17, 15) is 22.8 Å². The Morgan fingerprint density at radius 2 is 1.94 bits per heavy atom. The van der Waals surface area contributed by atoms with E-state index in [1.54, 1.807) is 30.6 Å². The van der Waals surface area contributed by atoms with E-state index in [0.717, 1.165) is 6.07 Å². The van der Waals surface area contributed by atoms with Crippen LogP contribution in [0.3, 0.4) is 0 Å². The first-order chi connectivity index (χ1) is 15.1. The summed E-state index contributed by atoms with van der Waals surface area (Å²) in [7, 11) is 0. The summed E-state index contributed by atoms with van der Waals surface area (Å²) < 4.78 is 52.8. The molecule has 0 spiro atoms. The van der Waals surface area contributed by atoms with Crippen LogP contribution in [0.4, 0.5) is 18.0 Å². The fourth-order valence-electron chi connectivity index (χ4n) is 4.25. The molecule has 0 saturated carbocycles. The molecule has 0 radical (unpaired) electrons. The summed E-state index contributed by atoms with van der Waals surface area (Å²) in [6.07, 6.45) is -2.73. The molecule has 2 saturated heterocycles. The number of hydrogen-bond acceptors (Lipinski definition) is 5. The van der Waals surface area contributed by atoms with Crippen molar-refractivity contribution in [3.05, 3.63) is 29.2 Å². The van der Waals surface area contributed by atoms with Gasteiger partial charge in [0.25, 0.3) is 5.91 Å². The minimum atomic E-state index is -4.65. The maximum absolute atomic E-state index is 13.7. The molecule has 0 N–H and O–H groups in total. The number of cyclic esters (lactones) is 1. The van der Waals surface area contributed by atoms with Crippen molar-refractivity contribution in [1.82, 2.24) is 19.2 Å². The lowest BCUT2D eigenvalue weighted by Gasteiger charge is -2.35. The van der Waals surface area contributed by atoms with Gasteiger partial charge in [-0.25, -0.2) is 9.78 Å². The average molecular weight is 454 g/mol. The number of nitrogens with zero attached hydrogens (tertiary/aromatic N) is 4. The number of carbonyl (C=O) groups excluding carboxylic acids is 2. The highest BCUT2D eigenvalue weighted by Gasteiger charge is 2.37. The normalized spacial score (nSPS) is 18.0. The molecule has 0 bridgehead atoms. The zero-order valence-corrected chi connectivity index (χ0v) is 18.1. The van der Waals surface area contributed by atoms with Crippen molar-refractivity contribution in [1.29, 1.82) is 0 Å². The van der Waals surface area contributed by atoms with Crippen LogP contribution >= 0.6 is 0 Å². The van der Waals surface area contributed by atoms with E-state index < -0.39 is 17.6 Å². The van der Waals surface area contributed by atoms with E-state index in [4.69, 9.17) is 9.47 Å². The molecule has 4 heterocycles. The van der Waals surface area contributed by atoms with E-state index in [1.807, 2.05) is 0 Å². The number of aromatic nitrogens is 2. The number of halogens is 3. The number of imidazole rings is 1. The minimum Gasteiger partial charge on any atom is -0.489 e. The Labute approximate surface area is 182 Å². The van der Waals surface area contributed by atoms with Gasteiger partial charge in [-0.3, -0.25) is 9.20 Å². The van der Waals surface area contributed by atoms with Gasteiger partial charge in [0.15, 0.2) is 0 Å². The fourth-order valence-corrected chi connectivity index (χ4v) is 4.25. The van der Waals surface area contributed by atoms with Gasteiger partial charge in [0.05, 0.1) is 24.5 Å². The van der Waals surface area contributed by atoms with Gasteiger partial charge < -0.3 is 19.3 Å². The third-order valence-corrected chi connectivity index (χ3v) is 5.80.